The third kappa shape index (κ3) is 2.75. The molecule has 1 heterocycles. The molecule has 4 heteroatoms. The van der Waals surface area contributed by atoms with E-state index in [2.05, 4.69) is 0 Å². The second-order valence-corrected chi connectivity index (χ2v) is 4.64. The van der Waals surface area contributed by atoms with Gasteiger partial charge in [0.25, 0.3) is 5.91 Å². The molecule has 0 radical (unpaired) electrons. The Morgan fingerprint density at radius 1 is 1.20 bits per heavy atom. The van der Waals surface area contributed by atoms with Crippen LogP contribution in [0.3, 0.4) is 0 Å². The largest absolute Gasteiger partial charge is 0.395 e. The van der Waals surface area contributed by atoms with Crippen molar-refractivity contribution in [2.45, 2.75) is 6.92 Å². The predicted molar refractivity (Wildman–Crippen MR) is 79.5 cm³/mol. The average Bonchev–Trinajstić information content (AvgIpc) is 2.86. The van der Waals surface area contributed by atoms with Crippen LogP contribution in [-0.4, -0.2) is 40.2 Å². The summed E-state index contributed by atoms with van der Waals surface area (Å²) < 4.78 is 1.90. The number of hydrogen-bond donors (Lipinski definition) is 1. The number of benzene rings is 1. The van der Waals surface area contributed by atoms with Crippen molar-refractivity contribution in [2.75, 3.05) is 19.7 Å². The van der Waals surface area contributed by atoms with Gasteiger partial charge in [-0.3, -0.25) is 4.79 Å². The van der Waals surface area contributed by atoms with E-state index in [1.54, 1.807) is 4.90 Å². The van der Waals surface area contributed by atoms with Crippen LogP contribution in [0.25, 0.3) is 11.3 Å². The summed E-state index contributed by atoms with van der Waals surface area (Å²) in [7, 11) is 1.89. The lowest BCUT2D eigenvalue weighted by atomic mass is 10.2. The molecule has 1 aromatic carbocycles. The van der Waals surface area contributed by atoms with Gasteiger partial charge in [0, 0.05) is 25.8 Å². The molecule has 0 aliphatic heterocycles. The minimum Gasteiger partial charge on any atom is -0.395 e. The van der Waals surface area contributed by atoms with Crippen LogP contribution in [0.2, 0.25) is 0 Å². The standard InChI is InChI=1S/C16H20N2O2/c1-3-18(11-12-19)16(20)15-10-9-14(17(15)2)13-7-5-4-6-8-13/h4-10,19H,3,11-12H2,1-2H3. The summed E-state index contributed by atoms with van der Waals surface area (Å²) in [6, 6.07) is 13.8. The Morgan fingerprint density at radius 2 is 1.90 bits per heavy atom. The van der Waals surface area contributed by atoms with E-state index < -0.39 is 0 Å². The van der Waals surface area contributed by atoms with Crippen LogP contribution >= 0.6 is 0 Å². The van der Waals surface area contributed by atoms with Gasteiger partial charge in [-0.15, -0.1) is 0 Å². The molecule has 20 heavy (non-hydrogen) atoms. The number of carbonyl (C=O) groups is 1. The van der Waals surface area contributed by atoms with Crippen LogP contribution in [0.4, 0.5) is 0 Å². The molecule has 2 aromatic rings. The average molecular weight is 272 g/mol. The van der Waals surface area contributed by atoms with E-state index in [0.29, 0.717) is 18.8 Å². The first-order valence-electron chi connectivity index (χ1n) is 6.80. The maximum Gasteiger partial charge on any atom is 0.270 e. The van der Waals surface area contributed by atoms with Crippen molar-refractivity contribution in [3.8, 4) is 11.3 Å². The van der Waals surface area contributed by atoms with E-state index in [9.17, 15) is 4.79 Å². The minimum absolute atomic E-state index is 0.0183. The van der Waals surface area contributed by atoms with Gasteiger partial charge in [-0.05, 0) is 24.6 Å². The van der Waals surface area contributed by atoms with Crippen molar-refractivity contribution in [3.05, 3.63) is 48.2 Å². The third-order valence-corrected chi connectivity index (χ3v) is 3.45. The number of aliphatic hydroxyl groups excluding tert-OH is 1. The highest BCUT2D eigenvalue weighted by Crippen LogP contribution is 2.21. The number of hydrogen-bond acceptors (Lipinski definition) is 2. The van der Waals surface area contributed by atoms with Crippen molar-refractivity contribution in [1.82, 2.24) is 9.47 Å². The van der Waals surface area contributed by atoms with Gasteiger partial charge in [0.2, 0.25) is 0 Å². The quantitative estimate of drug-likeness (QED) is 0.906. The molecule has 0 bridgehead atoms. The predicted octanol–water partition coefficient (Wildman–Crippen LogP) is 2.15. The van der Waals surface area contributed by atoms with Gasteiger partial charge in [-0.2, -0.15) is 0 Å². The summed E-state index contributed by atoms with van der Waals surface area (Å²) in [5, 5.41) is 9.02. The zero-order chi connectivity index (χ0) is 14.5. The van der Waals surface area contributed by atoms with Crippen molar-refractivity contribution in [1.29, 1.82) is 0 Å². The molecule has 2 rings (SSSR count). The first kappa shape index (κ1) is 14.3. The molecule has 0 aliphatic carbocycles. The lowest BCUT2D eigenvalue weighted by Crippen LogP contribution is -2.34. The van der Waals surface area contributed by atoms with E-state index >= 15 is 0 Å². The molecule has 1 aromatic heterocycles. The molecule has 106 valence electrons. The van der Waals surface area contributed by atoms with Gasteiger partial charge in [0.15, 0.2) is 0 Å². The Labute approximate surface area is 119 Å². The van der Waals surface area contributed by atoms with Crippen molar-refractivity contribution >= 4 is 5.91 Å². The number of rotatable bonds is 5. The summed E-state index contributed by atoms with van der Waals surface area (Å²) in [6.07, 6.45) is 0. The van der Waals surface area contributed by atoms with Crippen molar-refractivity contribution in [2.24, 2.45) is 7.05 Å². The Balaban J connectivity index is 2.31. The van der Waals surface area contributed by atoms with Crippen LogP contribution in [-0.2, 0) is 7.05 Å². The van der Waals surface area contributed by atoms with Crippen LogP contribution in [0.5, 0.6) is 0 Å². The molecule has 0 saturated heterocycles. The molecule has 1 amide bonds. The molecule has 0 spiro atoms. The zero-order valence-corrected chi connectivity index (χ0v) is 11.9. The first-order chi connectivity index (χ1) is 9.69. The number of likely N-dealkylation sites (N-methyl/N-ethyl adjacent to an activating group) is 1. The van der Waals surface area contributed by atoms with Gasteiger partial charge in [0.1, 0.15) is 5.69 Å². The SMILES string of the molecule is CCN(CCO)C(=O)c1ccc(-c2ccccc2)n1C. The van der Waals surface area contributed by atoms with E-state index in [0.717, 1.165) is 11.3 Å². The summed E-state index contributed by atoms with van der Waals surface area (Å²) in [6.45, 7) is 2.84. The summed E-state index contributed by atoms with van der Waals surface area (Å²) in [5.74, 6) is -0.0498. The fraction of sp³-hybridized carbons (Fsp3) is 0.312. The molecular weight excluding hydrogens is 252 g/mol. The highest BCUT2D eigenvalue weighted by molar-refractivity contribution is 5.93. The van der Waals surface area contributed by atoms with Gasteiger partial charge in [-0.25, -0.2) is 0 Å². The van der Waals surface area contributed by atoms with E-state index in [1.165, 1.54) is 0 Å². The summed E-state index contributed by atoms with van der Waals surface area (Å²) in [5.41, 5.74) is 2.73. The van der Waals surface area contributed by atoms with Gasteiger partial charge in [-0.1, -0.05) is 30.3 Å². The maximum atomic E-state index is 12.4. The highest BCUT2D eigenvalue weighted by atomic mass is 16.3. The van der Waals surface area contributed by atoms with E-state index in [1.807, 2.05) is 61.0 Å². The van der Waals surface area contributed by atoms with Gasteiger partial charge in [0.05, 0.1) is 6.61 Å². The van der Waals surface area contributed by atoms with E-state index in [4.69, 9.17) is 5.11 Å². The molecular formula is C16H20N2O2. The number of amides is 1. The maximum absolute atomic E-state index is 12.4. The van der Waals surface area contributed by atoms with Crippen LogP contribution < -0.4 is 0 Å². The minimum atomic E-state index is -0.0498. The Hall–Kier alpha value is -2.07. The normalized spacial score (nSPS) is 10.6. The van der Waals surface area contributed by atoms with Crippen molar-refractivity contribution < 1.29 is 9.90 Å². The Bertz CT molecular complexity index is 575. The lowest BCUT2D eigenvalue weighted by molar-refractivity contribution is 0.0722. The molecule has 0 aliphatic rings. The van der Waals surface area contributed by atoms with Crippen LogP contribution in [0.1, 0.15) is 17.4 Å². The lowest BCUT2D eigenvalue weighted by Gasteiger charge is -2.20. The van der Waals surface area contributed by atoms with Crippen LogP contribution in [0, 0.1) is 0 Å². The third-order valence-electron chi connectivity index (χ3n) is 3.45. The zero-order valence-electron chi connectivity index (χ0n) is 11.9. The number of carbonyl (C=O) groups excluding carboxylic acids is 1. The molecule has 4 nitrogen and oxygen atoms in total. The summed E-state index contributed by atoms with van der Waals surface area (Å²) >= 11 is 0. The molecule has 0 atom stereocenters. The Morgan fingerprint density at radius 3 is 2.50 bits per heavy atom. The smallest absolute Gasteiger partial charge is 0.270 e. The van der Waals surface area contributed by atoms with Gasteiger partial charge >= 0.3 is 0 Å². The topological polar surface area (TPSA) is 45.5 Å². The number of nitrogens with zero attached hydrogens (tertiary/aromatic N) is 2. The van der Waals surface area contributed by atoms with Crippen molar-refractivity contribution in [3.63, 3.8) is 0 Å². The molecule has 0 fully saturated rings. The highest BCUT2D eigenvalue weighted by Gasteiger charge is 2.18. The molecule has 0 saturated carbocycles. The fourth-order valence-electron chi connectivity index (χ4n) is 2.31. The fourth-order valence-corrected chi connectivity index (χ4v) is 2.31. The second-order valence-electron chi connectivity index (χ2n) is 4.64. The Kier molecular flexibility index (Phi) is 4.58. The monoisotopic (exact) mass is 272 g/mol. The molecule has 0 unspecified atom stereocenters. The van der Waals surface area contributed by atoms with Crippen LogP contribution in [0.15, 0.2) is 42.5 Å². The van der Waals surface area contributed by atoms with Gasteiger partial charge < -0.3 is 14.6 Å². The van der Waals surface area contributed by atoms with E-state index in [-0.39, 0.29) is 12.5 Å². The number of aromatic nitrogens is 1. The summed E-state index contributed by atoms with van der Waals surface area (Å²) in [4.78, 5) is 14.1. The number of aliphatic hydroxyl groups is 1. The molecule has 1 N–H and O–H groups in total. The first-order valence-corrected chi connectivity index (χ1v) is 6.80. The second kappa shape index (κ2) is 6.39.